The van der Waals surface area contributed by atoms with Gasteiger partial charge in [-0.25, -0.2) is 0 Å². The number of carbonyl (C=O) groups excluding carboxylic acids is 1. The average molecular weight is 435 g/mol. The minimum absolute atomic E-state index is 0.127. The van der Waals surface area contributed by atoms with E-state index < -0.39 is 5.60 Å². The van der Waals surface area contributed by atoms with E-state index in [0.29, 0.717) is 28.8 Å². The van der Waals surface area contributed by atoms with E-state index in [1.807, 2.05) is 13.0 Å². The molecule has 8 heteroatoms. The van der Waals surface area contributed by atoms with Gasteiger partial charge in [-0.1, -0.05) is 23.4 Å². The maximum Gasteiger partial charge on any atom is 0.254 e. The van der Waals surface area contributed by atoms with Crippen molar-refractivity contribution >= 4 is 11.6 Å². The number of hydrogen-bond acceptors (Lipinski definition) is 7. The SMILES string of the molecule is CO/N=C1\C[C@@H](CO)N(C(=O)c2ccc(-c3cccc(C#N)c3C)c(C3(O)COC3)c2)C1. The number of rotatable bonds is 5. The lowest BCUT2D eigenvalue weighted by Gasteiger charge is -2.38. The van der Waals surface area contributed by atoms with Crippen LogP contribution in [0.5, 0.6) is 0 Å². The molecule has 1 atom stereocenters. The molecule has 0 bridgehead atoms. The number of carbonyl (C=O) groups is 1. The lowest BCUT2D eigenvalue weighted by molar-refractivity contribution is -0.184. The molecule has 8 nitrogen and oxygen atoms in total. The third kappa shape index (κ3) is 3.75. The number of amides is 1. The van der Waals surface area contributed by atoms with Gasteiger partial charge in [-0.3, -0.25) is 4.79 Å². The molecule has 2 heterocycles. The van der Waals surface area contributed by atoms with Gasteiger partial charge in [0, 0.05) is 12.0 Å². The first kappa shape index (κ1) is 22.0. The molecule has 0 spiro atoms. The van der Waals surface area contributed by atoms with Gasteiger partial charge >= 0.3 is 0 Å². The second-order valence-corrected chi connectivity index (χ2v) is 8.19. The van der Waals surface area contributed by atoms with E-state index in [0.717, 1.165) is 16.7 Å². The van der Waals surface area contributed by atoms with Gasteiger partial charge < -0.3 is 24.7 Å². The van der Waals surface area contributed by atoms with Gasteiger partial charge in [-0.2, -0.15) is 5.26 Å². The summed E-state index contributed by atoms with van der Waals surface area (Å²) in [4.78, 5) is 19.7. The summed E-state index contributed by atoms with van der Waals surface area (Å²) < 4.78 is 5.27. The molecule has 166 valence electrons. The molecule has 1 amide bonds. The summed E-state index contributed by atoms with van der Waals surface area (Å²) in [7, 11) is 1.45. The fourth-order valence-corrected chi connectivity index (χ4v) is 4.33. The first-order chi connectivity index (χ1) is 15.4. The molecule has 0 aliphatic carbocycles. The van der Waals surface area contributed by atoms with E-state index in [2.05, 4.69) is 11.2 Å². The average Bonchev–Trinajstić information content (AvgIpc) is 3.20. The second kappa shape index (κ2) is 8.71. The van der Waals surface area contributed by atoms with Crippen molar-refractivity contribution < 1.29 is 24.6 Å². The molecule has 2 fully saturated rings. The summed E-state index contributed by atoms with van der Waals surface area (Å²) in [5.41, 5.74) is 3.38. The Balaban J connectivity index is 1.77. The van der Waals surface area contributed by atoms with Crippen LogP contribution >= 0.6 is 0 Å². The van der Waals surface area contributed by atoms with Crippen LogP contribution in [0, 0.1) is 18.3 Å². The zero-order valence-electron chi connectivity index (χ0n) is 18.0. The maximum atomic E-state index is 13.3. The van der Waals surface area contributed by atoms with Crippen molar-refractivity contribution in [2.75, 3.05) is 33.5 Å². The van der Waals surface area contributed by atoms with E-state index in [1.165, 1.54) is 7.11 Å². The highest BCUT2D eigenvalue weighted by Gasteiger charge is 2.41. The number of aliphatic hydroxyl groups is 2. The van der Waals surface area contributed by atoms with Gasteiger partial charge in [0.05, 0.1) is 49.8 Å². The Hall–Kier alpha value is -3.25. The van der Waals surface area contributed by atoms with Crippen molar-refractivity contribution in [1.82, 2.24) is 4.90 Å². The van der Waals surface area contributed by atoms with Crippen molar-refractivity contribution in [3.05, 3.63) is 58.7 Å². The Bertz CT molecular complexity index is 1120. The number of aliphatic hydroxyl groups excluding tert-OH is 1. The number of nitriles is 1. The first-order valence-electron chi connectivity index (χ1n) is 10.4. The van der Waals surface area contributed by atoms with Crippen LogP contribution in [0.4, 0.5) is 0 Å². The molecule has 32 heavy (non-hydrogen) atoms. The molecule has 2 N–H and O–H groups in total. The summed E-state index contributed by atoms with van der Waals surface area (Å²) in [6, 6.07) is 12.5. The monoisotopic (exact) mass is 435 g/mol. The lowest BCUT2D eigenvalue weighted by atomic mass is 9.83. The molecular formula is C24H25N3O5. The number of benzene rings is 2. The molecule has 0 radical (unpaired) electrons. The van der Waals surface area contributed by atoms with Gasteiger partial charge in [-0.15, -0.1) is 0 Å². The Morgan fingerprint density at radius 1 is 1.34 bits per heavy atom. The fraction of sp³-hybridized carbons (Fsp3) is 0.375. The third-order valence-electron chi connectivity index (χ3n) is 6.15. The van der Waals surface area contributed by atoms with Crippen molar-refractivity contribution in [2.45, 2.75) is 25.0 Å². The smallest absolute Gasteiger partial charge is 0.254 e. The van der Waals surface area contributed by atoms with E-state index in [-0.39, 0.29) is 38.3 Å². The van der Waals surface area contributed by atoms with Crippen LogP contribution in [0.2, 0.25) is 0 Å². The minimum Gasteiger partial charge on any atom is -0.399 e. The molecule has 0 saturated carbocycles. The quantitative estimate of drug-likeness (QED) is 0.694. The van der Waals surface area contributed by atoms with Crippen molar-refractivity contribution in [2.24, 2.45) is 5.16 Å². The Morgan fingerprint density at radius 3 is 2.75 bits per heavy atom. The van der Waals surface area contributed by atoms with E-state index in [1.54, 1.807) is 35.2 Å². The van der Waals surface area contributed by atoms with E-state index in [9.17, 15) is 20.3 Å². The zero-order valence-corrected chi connectivity index (χ0v) is 18.0. The van der Waals surface area contributed by atoms with Crippen LogP contribution in [0.3, 0.4) is 0 Å². The summed E-state index contributed by atoms with van der Waals surface area (Å²) in [5.74, 6) is -0.260. The van der Waals surface area contributed by atoms with Crippen LogP contribution < -0.4 is 0 Å². The maximum absolute atomic E-state index is 13.3. The third-order valence-corrected chi connectivity index (χ3v) is 6.15. The van der Waals surface area contributed by atoms with Crippen molar-refractivity contribution in [3.63, 3.8) is 0 Å². The Labute approximate surface area is 186 Å². The molecule has 2 aromatic rings. The van der Waals surface area contributed by atoms with Gasteiger partial charge in [-0.05, 0) is 47.4 Å². The number of likely N-dealkylation sites (tertiary alicyclic amines) is 1. The van der Waals surface area contributed by atoms with Crippen LogP contribution in [0.15, 0.2) is 41.6 Å². The molecule has 2 aliphatic heterocycles. The normalized spacial score (nSPS) is 20.7. The predicted molar refractivity (Wildman–Crippen MR) is 117 cm³/mol. The van der Waals surface area contributed by atoms with Gasteiger partial charge in [0.15, 0.2) is 0 Å². The van der Waals surface area contributed by atoms with E-state index in [4.69, 9.17) is 9.57 Å². The highest BCUT2D eigenvalue weighted by atomic mass is 16.6. The van der Waals surface area contributed by atoms with Crippen LogP contribution in [-0.4, -0.2) is 66.2 Å². The molecule has 2 aromatic carbocycles. The first-order valence-corrected chi connectivity index (χ1v) is 10.4. The Kier molecular flexibility index (Phi) is 5.98. The van der Waals surface area contributed by atoms with Gasteiger partial charge in [0.2, 0.25) is 0 Å². The van der Waals surface area contributed by atoms with Crippen molar-refractivity contribution in [3.8, 4) is 17.2 Å². The van der Waals surface area contributed by atoms with Crippen LogP contribution in [-0.2, 0) is 15.2 Å². The molecule has 0 aromatic heterocycles. The summed E-state index contributed by atoms with van der Waals surface area (Å²) in [5, 5.41) is 34.2. The Morgan fingerprint density at radius 2 is 2.12 bits per heavy atom. The fourth-order valence-electron chi connectivity index (χ4n) is 4.33. The molecule has 2 saturated heterocycles. The highest BCUT2D eigenvalue weighted by Crippen LogP contribution is 2.39. The molecule has 4 rings (SSSR count). The van der Waals surface area contributed by atoms with E-state index >= 15 is 0 Å². The summed E-state index contributed by atoms with van der Waals surface area (Å²) >= 11 is 0. The summed E-state index contributed by atoms with van der Waals surface area (Å²) in [6.45, 7) is 2.21. The molecule has 0 unspecified atom stereocenters. The number of ether oxygens (including phenoxy) is 1. The minimum atomic E-state index is -1.22. The molecule has 2 aliphatic rings. The summed E-state index contributed by atoms with van der Waals surface area (Å²) in [6.07, 6.45) is 0.443. The van der Waals surface area contributed by atoms with Crippen molar-refractivity contribution in [1.29, 1.82) is 5.26 Å². The number of nitrogens with zero attached hydrogens (tertiary/aromatic N) is 3. The topological polar surface area (TPSA) is 115 Å². The van der Waals surface area contributed by atoms with Gasteiger partial charge in [0.25, 0.3) is 5.91 Å². The number of oxime groups is 1. The standard InChI is InChI=1S/C24H25N3O5/c1-15-17(10-25)4-3-5-20(15)21-7-6-16(8-22(21)24(30)13-32-14-24)23(29)27-11-18(26-31-2)9-19(27)12-28/h3-8,19,28,30H,9,11-14H2,1-2H3/b26-18+/t19-/m0/s1. The van der Waals surface area contributed by atoms with Crippen LogP contribution in [0.25, 0.3) is 11.1 Å². The molecular weight excluding hydrogens is 410 g/mol. The van der Waals surface area contributed by atoms with Gasteiger partial charge in [0.1, 0.15) is 12.7 Å². The second-order valence-electron chi connectivity index (χ2n) is 8.19. The predicted octanol–water partition coefficient (Wildman–Crippen LogP) is 1.96. The zero-order chi connectivity index (χ0) is 22.9. The van der Waals surface area contributed by atoms with Crippen LogP contribution in [0.1, 0.15) is 33.5 Å². The lowest BCUT2D eigenvalue weighted by Crippen LogP contribution is -2.47. The largest absolute Gasteiger partial charge is 0.399 e. The highest BCUT2D eigenvalue weighted by molar-refractivity contribution is 6.01. The number of hydrogen-bond donors (Lipinski definition) is 2.